The van der Waals surface area contributed by atoms with Crippen LogP contribution in [0.5, 0.6) is 0 Å². The highest BCUT2D eigenvalue weighted by Gasteiger charge is 2.71. The SMILES string of the molecule is COC(=O)[C@]12CCC(C)(C)C[C@H]1C1=CC[C@@H]3[C@@]4(C)CC[C@H](OS(=O)(=O)O)C(C)(C)[C@H]4CC[C@@]3(C)[C@]1(C)C[C@H]2O. The molecule has 0 spiro atoms. The summed E-state index contributed by atoms with van der Waals surface area (Å²) >= 11 is 0. The van der Waals surface area contributed by atoms with E-state index in [1.807, 2.05) is 0 Å². The molecule has 39 heavy (non-hydrogen) atoms. The van der Waals surface area contributed by atoms with Crippen LogP contribution in [0.3, 0.4) is 0 Å². The van der Waals surface area contributed by atoms with E-state index >= 15 is 0 Å². The molecule has 0 aromatic carbocycles. The molecule has 5 aliphatic carbocycles. The molecule has 0 radical (unpaired) electrons. The van der Waals surface area contributed by atoms with Gasteiger partial charge in [-0.25, -0.2) is 4.18 Å². The lowest BCUT2D eigenvalue weighted by atomic mass is 9.33. The van der Waals surface area contributed by atoms with Crippen LogP contribution in [0.15, 0.2) is 11.6 Å². The first-order valence-electron chi connectivity index (χ1n) is 14.9. The number of esters is 1. The van der Waals surface area contributed by atoms with Gasteiger partial charge in [-0.1, -0.05) is 60.1 Å². The molecule has 5 aliphatic rings. The Morgan fingerprint density at radius 2 is 1.62 bits per heavy atom. The van der Waals surface area contributed by atoms with E-state index in [4.69, 9.17) is 8.92 Å². The van der Waals surface area contributed by atoms with E-state index in [-0.39, 0.29) is 39.5 Å². The van der Waals surface area contributed by atoms with Crippen molar-refractivity contribution in [1.82, 2.24) is 0 Å². The molecule has 4 fully saturated rings. The summed E-state index contributed by atoms with van der Waals surface area (Å²) in [5.74, 6) is 0.276. The van der Waals surface area contributed by atoms with Crippen molar-refractivity contribution in [2.24, 2.45) is 50.2 Å². The third-order valence-electron chi connectivity index (χ3n) is 13.4. The number of hydrogen-bond acceptors (Lipinski definition) is 6. The molecule has 2 N–H and O–H groups in total. The molecule has 0 aromatic rings. The van der Waals surface area contributed by atoms with E-state index < -0.39 is 33.4 Å². The number of methoxy groups -OCH3 is 1. The summed E-state index contributed by atoms with van der Waals surface area (Å²) in [6.07, 6.45) is 8.28. The molecule has 0 saturated heterocycles. The van der Waals surface area contributed by atoms with Crippen molar-refractivity contribution in [3.8, 4) is 0 Å². The van der Waals surface area contributed by atoms with E-state index in [1.165, 1.54) is 12.7 Å². The Morgan fingerprint density at radius 3 is 2.23 bits per heavy atom. The van der Waals surface area contributed by atoms with Crippen molar-refractivity contribution in [3.05, 3.63) is 11.6 Å². The third kappa shape index (κ3) is 3.97. The average molecular weight is 567 g/mol. The van der Waals surface area contributed by atoms with Gasteiger partial charge in [-0.3, -0.25) is 9.35 Å². The van der Waals surface area contributed by atoms with E-state index in [1.54, 1.807) is 0 Å². The van der Waals surface area contributed by atoms with Gasteiger partial charge in [0.1, 0.15) is 5.41 Å². The molecule has 9 atom stereocenters. The Kier molecular flexibility index (Phi) is 6.65. The summed E-state index contributed by atoms with van der Waals surface area (Å²) in [5, 5.41) is 11.9. The Hall–Kier alpha value is -0.960. The van der Waals surface area contributed by atoms with Gasteiger partial charge in [-0.05, 0) is 103 Å². The van der Waals surface area contributed by atoms with Gasteiger partial charge in [-0.2, -0.15) is 8.42 Å². The molecule has 222 valence electrons. The molecule has 0 amide bonds. The van der Waals surface area contributed by atoms with Crippen LogP contribution < -0.4 is 0 Å². The maximum atomic E-state index is 13.4. The number of carbonyl (C=O) groups excluding carboxylic acids is 1. The van der Waals surface area contributed by atoms with E-state index in [2.05, 4.69) is 54.5 Å². The highest BCUT2D eigenvalue weighted by atomic mass is 32.3. The van der Waals surface area contributed by atoms with Crippen LogP contribution in [-0.4, -0.2) is 43.4 Å². The fourth-order valence-corrected chi connectivity index (χ4v) is 11.8. The Balaban J connectivity index is 1.58. The maximum absolute atomic E-state index is 13.4. The normalized spacial score (nSPS) is 48.5. The third-order valence-corrected chi connectivity index (χ3v) is 13.9. The molecular weight excluding hydrogens is 516 g/mol. The summed E-state index contributed by atoms with van der Waals surface area (Å²) < 4.78 is 43.4. The number of aliphatic hydroxyl groups excluding tert-OH is 1. The van der Waals surface area contributed by atoms with Gasteiger partial charge in [0, 0.05) is 0 Å². The molecule has 4 saturated carbocycles. The second-order valence-corrected chi connectivity index (χ2v) is 16.9. The minimum atomic E-state index is -4.53. The zero-order valence-corrected chi connectivity index (χ0v) is 26.0. The summed E-state index contributed by atoms with van der Waals surface area (Å²) in [7, 11) is -3.08. The first-order valence-corrected chi connectivity index (χ1v) is 16.3. The van der Waals surface area contributed by atoms with Crippen molar-refractivity contribution in [1.29, 1.82) is 0 Å². The predicted molar refractivity (Wildman–Crippen MR) is 149 cm³/mol. The smallest absolute Gasteiger partial charge is 0.397 e. The fourth-order valence-electron chi connectivity index (χ4n) is 11.2. The molecule has 0 aromatic heterocycles. The molecule has 0 heterocycles. The minimum absolute atomic E-state index is 0.0407. The number of carbonyl (C=O) groups is 1. The molecule has 8 heteroatoms. The van der Waals surface area contributed by atoms with Crippen LogP contribution in [0.2, 0.25) is 0 Å². The van der Waals surface area contributed by atoms with E-state index in [0.717, 1.165) is 38.5 Å². The number of fused-ring (bicyclic) bond motifs is 7. The number of aliphatic hydroxyl groups is 1. The Morgan fingerprint density at radius 1 is 0.949 bits per heavy atom. The van der Waals surface area contributed by atoms with Crippen LogP contribution >= 0.6 is 0 Å². The van der Waals surface area contributed by atoms with Crippen LogP contribution in [0.1, 0.15) is 106 Å². The second kappa shape index (κ2) is 8.78. The van der Waals surface area contributed by atoms with Gasteiger partial charge < -0.3 is 9.84 Å². The van der Waals surface area contributed by atoms with E-state index in [0.29, 0.717) is 25.2 Å². The highest BCUT2D eigenvalue weighted by molar-refractivity contribution is 7.80. The van der Waals surface area contributed by atoms with Crippen molar-refractivity contribution in [3.63, 3.8) is 0 Å². The second-order valence-electron chi connectivity index (χ2n) is 15.8. The van der Waals surface area contributed by atoms with Crippen molar-refractivity contribution >= 4 is 16.4 Å². The summed E-state index contributed by atoms with van der Waals surface area (Å²) in [6.45, 7) is 15.9. The van der Waals surface area contributed by atoms with Crippen molar-refractivity contribution in [2.45, 2.75) is 118 Å². The lowest BCUT2D eigenvalue weighted by Gasteiger charge is -2.71. The van der Waals surface area contributed by atoms with Gasteiger partial charge in [0.15, 0.2) is 0 Å². The van der Waals surface area contributed by atoms with E-state index in [9.17, 15) is 22.9 Å². The quantitative estimate of drug-likeness (QED) is 0.241. The van der Waals surface area contributed by atoms with Crippen LogP contribution in [-0.2, 0) is 24.1 Å². The van der Waals surface area contributed by atoms with Gasteiger partial charge in [0.25, 0.3) is 0 Å². The Labute approximate surface area is 235 Å². The lowest BCUT2D eigenvalue weighted by Crippen LogP contribution is -2.67. The standard InChI is InChI=1S/C31H50O7S/c1-26(2)15-16-31(25(33)37-8)20(17-26)19-9-10-22-28(5)13-12-24(38-39(34,35)36)27(3,4)21(28)11-14-29(22,6)30(19,7)18-23(31)32/h9,20-24,32H,10-18H2,1-8H3,(H,34,35,36)/t20-,21+,22+,23+,24-,28-,29+,30+,31+/m0/s1. The average Bonchev–Trinajstić information content (AvgIpc) is 2.80. The van der Waals surface area contributed by atoms with Gasteiger partial charge in [0.05, 0.1) is 19.3 Å². The summed E-state index contributed by atoms with van der Waals surface area (Å²) in [5.41, 5.74) is -0.257. The highest BCUT2D eigenvalue weighted by Crippen LogP contribution is 2.76. The minimum Gasteiger partial charge on any atom is -0.468 e. The lowest BCUT2D eigenvalue weighted by molar-refractivity contribution is -0.217. The van der Waals surface area contributed by atoms with Crippen LogP contribution in [0, 0.1) is 50.2 Å². The van der Waals surface area contributed by atoms with Crippen LogP contribution in [0.25, 0.3) is 0 Å². The van der Waals surface area contributed by atoms with Crippen LogP contribution in [0.4, 0.5) is 0 Å². The van der Waals surface area contributed by atoms with Gasteiger partial charge in [0.2, 0.25) is 0 Å². The fraction of sp³-hybridized carbons (Fsp3) is 0.903. The van der Waals surface area contributed by atoms with Crippen molar-refractivity contribution < 1.29 is 31.8 Å². The van der Waals surface area contributed by atoms with Crippen molar-refractivity contribution in [2.75, 3.05) is 7.11 Å². The Bertz CT molecular complexity index is 1170. The first kappa shape index (κ1) is 29.5. The largest absolute Gasteiger partial charge is 0.468 e. The molecule has 7 nitrogen and oxygen atoms in total. The van der Waals surface area contributed by atoms with Gasteiger partial charge in [-0.15, -0.1) is 0 Å². The zero-order chi connectivity index (χ0) is 29.0. The summed E-state index contributed by atoms with van der Waals surface area (Å²) in [4.78, 5) is 13.4. The first-order chi connectivity index (χ1) is 17.8. The monoisotopic (exact) mass is 566 g/mol. The predicted octanol–water partition coefficient (Wildman–Crippen LogP) is 6.12. The molecule has 0 aliphatic heterocycles. The maximum Gasteiger partial charge on any atom is 0.397 e. The zero-order valence-electron chi connectivity index (χ0n) is 25.2. The molecule has 0 bridgehead atoms. The number of rotatable bonds is 3. The topological polar surface area (TPSA) is 110 Å². The summed E-state index contributed by atoms with van der Waals surface area (Å²) in [6, 6.07) is 0. The molecule has 5 rings (SSSR count). The number of ether oxygens (including phenoxy) is 1. The molecular formula is C31H50O7S. The molecule has 0 unspecified atom stereocenters. The number of hydrogen-bond donors (Lipinski definition) is 2. The number of allylic oxidation sites excluding steroid dienone is 2. The van der Waals surface area contributed by atoms with Gasteiger partial charge >= 0.3 is 16.4 Å².